The summed E-state index contributed by atoms with van der Waals surface area (Å²) in [4.78, 5) is 0. The SMILES string of the molecule is CCCCCOc1cc(C)cc2c1c1c(OCCCCC)cc(C)cc1p2-c1ccccc1. The summed E-state index contributed by atoms with van der Waals surface area (Å²) in [6, 6.07) is 20.2. The Morgan fingerprint density at radius 2 is 1.12 bits per heavy atom. The Labute approximate surface area is 200 Å². The second-order valence-corrected chi connectivity index (χ2v) is 11.2. The van der Waals surface area contributed by atoms with Gasteiger partial charge < -0.3 is 9.47 Å². The van der Waals surface area contributed by atoms with E-state index in [9.17, 15) is 0 Å². The topological polar surface area (TPSA) is 18.5 Å². The van der Waals surface area contributed by atoms with Gasteiger partial charge in [-0.15, -0.1) is 0 Å². The number of rotatable bonds is 11. The molecule has 0 unspecified atom stereocenters. The van der Waals surface area contributed by atoms with Crippen LogP contribution in [0.15, 0.2) is 54.6 Å². The van der Waals surface area contributed by atoms with E-state index >= 15 is 0 Å². The number of hydrogen-bond acceptors (Lipinski definition) is 2. The molecule has 1 heterocycles. The van der Waals surface area contributed by atoms with Gasteiger partial charge in [0.05, 0.1) is 13.2 Å². The van der Waals surface area contributed by atoms with Gasteiger partial charge in [0.2, 0.25) is 0 Å². The summed E-state index contributed by atoms with van der Waals surface area (Å²) in [6.45, 7) is 10.4. The predicted octanol–water partition coefficient (Wildman–Crippen LogP) is 9.72. The smallest absolute Gasteiger partial charge is 0.128 e. The zero-order valence-electron chi connectivity index (χ0n) is 20.6. The summed E-state index contributed by atoms with van der Waals surface area (Å²) in [5, 5.41) is 6.71. The van der Waals surface area contributed by atoms with Crippen LogP contribution in [-0.4, -0.2) is 13.2 Å². The lowest BCUT2D eigenvalue weighted by atomic mass is 10.1. The summed E-state index contributed by atoms with van der Waals surface area (Å²) < 4.78 is 12.9. The lowest BCUT2D eigenvalue weighted by Gasteiger charge is -2.12. The molecule has 3 heteroatoms. The molecule has 174 valence electrons. The van der Waals surface area contributed by atoms with Crippen LogP contribution < -0.4 is 9.47 Å². The monoisotopic (exact) mass is 460 g/mol. The van der Waals surface area contributed by atoms with Crippen molar-refractivity contribution in [2.24, 2.45) is 0 Å². The highest BCUT2D eigenvalue weighted by molar-refractivity contribution is 7.68. The van der Waals surface area contributed by atoms with Gasteiger partial charge in [-0.05, 0) is 67.4 Å². The molecule has 0 aliphatic heterocycles. The van der Waals surface area contributed by atoms with Crippen molar-refractivity contribution in [1.82, 2.24) is 0 Å². The molecule has 3 aromatic carbocycles. The van der Waals surface area contributed by atoms with Crippen LogP contribution in [-0.2, 0) is 0 Å². The second-order valence-electron chi connectivity index (χ2n) is 9.10. The van der Waals surface area contributed by atoms with E-state index in [1.54, 1.807) is 0 Å². The first kappa shape index (κ1) is 23.7. The van der Waals surface area contributed by atoms with Gasteiger partial charge in [-0.1, -0.05) is 77.4 Å². The van der Waals surface area contributed by atoms with E-state index in [1.807, 2.05) is 0 Å². The molecule has 33 heavy (non-hydrogen) atoms. The normalized spacial score (nSPS) is 11.4. The first-order valence-electron chi connectivity index (χ1n) is 12.5. The summed E-state index contributed by atoms with van der Waals surface area (Å²) in [6.07, 6.45) is 6.99. The zero-order chi connectivity index (χ0) is 23.2. The van der Waals surface area contributed by atoms with Crippen LogP contribution in [0.4, 0.5) is 0 Å². The lowest BCUT2D eigenvalue weighted by Crippen LogP contribution is -1.99. The standard InChI is InChI=1S/C30H37O2P/c1-5-7-12-16-31-25-18-22(3)20-27-29(25)30-26(32-17-13-8-6-2)19-23(4)21-28(30)33(27)24-14-10-9-11-15-24/h9-11,14-15,18-21H,5-8,12-13,16-17H2,1-4H3. The molecule has 0 saturated carbocycles. The molecule has 0 bridgehead atoms. The maximum absolute atomic E-state index is 6.46. The summed E-state index contributed by atoms with van der Waals surface area (Å²) in [5.74, 6) is 2.04. The van der Waals surface area contributed by atoms with Crippen LogP contribution in [0.1, 0.15) is 63.5 Å². The van der Waals surface area contributed by atoms with Crippen molar-refractivity contribution in [3.8, 4) is 16.8 Å². The Morgan fingerprint density at radius 1 is 0.636 bits per heavy atom. The highest BCUT2D eigenvalue weighted by atomic mass is 31.1. The van der Waals surface area contributed by atoms with E-state index < -0.39 is 7.53 Å². The maximum atomic E-state index is 6.46. The van der Waals surface area contributed by atoms with Crippen molar-refractivity contribution in [2.45, 2.75) is 66.2 Å². The zero-order valence-corrected chi connectivity index (χ0v) is 21.5. The van der Waals surface area contributed by atoms with Gasteiger partial charge in [-0.3, -0.25) is 0 Å². The number of benzene rings is 3. The van der Waals surface area contributed by atoms with Gasteiger partial charge in [0.15, 0.2) is 0 Å². The van der Waals surface area contributed by atoms with Gasteiger partial charge >= 0.3 is 0 Å². The number of ether oxygens (including phenoxy) is 2. The van der Waals surface area contributed by atoms with Gasteiger partial charge in [-0.2, -0.15) is 0 Å². The average Bonchev–Trinajstić information content (AvgIpc) is 3.13. The first-order chi connectivity index (χ1) is 16.1. The molecule has 0 N–H and O–H groups in total. The number of hydrogen-bond donors (Lipinski definition) is 0. The van der Waals surface area contributed by atoms with Crippen LogP contribution >= 0.6 is 7.53 Å². The molecule has 4 rings (SSSR count). The van der Waals surface area contributed by atoms with Crippen molar-refractivity contribution in [3.63, 3.8) is 0 Å². The van der Waals surface area contributed by atoms with Crippen LogP contribution in [0.3, 0.4) is 0 Å². The maximum Gasteiger partial charge on any atom is 0.128 e. The van der Waals surface area contributed by atoms with E-state index in [-0.39, 0.29) is 0 Å². The van der Waals surface area contributed by atoms with E-state index in [4.69, 9.17) is 9.47 Å². The molecule has 0 atom stereocenters. The third kappa shape index (κ3) is 5.22. The molecular formula is C30H37O2P. The quantitative estimate of drug-likeness (QED) is 0.207. The Kier molecular flexibility index (Phi) is 7.99. The van der Waals surface area contributed by atoms with Gasteiger partial charge in [0.25, 0.3) is 0 Å². The fraction of sp³-hybridized carbons (Fsp3) is 0.400. The fourth-order valence-electron chi connectivity index (χ4n) is 4.61. The lowest BCUT2D eigenvalue weighted by molar-refractivity contribution is 0.307. The molecule has 0 saturated heterocycles. The van der Waals surface area contributed by atoms with E-state index in [0.29, 0.717) is 0 Å². The van der Waals surface area contributed by atoms with Crippen molar-refractivity contribution in [2.75, 3.05) is 13.2 Å². The fourth-order valence-corrected chi connectivity index (χ4v) is 7.45. The molecule has 0 radical (unpaired) electrons. The van der Waals surface area contributed by atoms with E-state index in [0.717, 1.165) is 37.6 Å². The van der Waals surface area contributed by atoms with E-state index in [1.165, 1.54) is 63.1 Å². The van der Waals surface area contributed by atoms with Gasteiger partial charge in [-0.25, -0.2) is 0 Å². The first-order valence-corrected chi connectivity index (χ1v) is 13.9. The number of fused-ring (bicyclic) bond motifs is 3. The van der Waals surface area contributed by atoms with E-state index in [2.05, 4.69) is 82.3 Å². The molecule has 0 aliphatic rings. The molecule has 1 aromatic heterocycles. The predicted molar refractivity (Wildman–Crippen MR) is 145 cm³/mol. The Hall–Kier alpha value is -2.44. The number of aryl methyl sites for hydroxylation is 2. The van der Waals surface area contributed by atoms with Crippen molar-refractivity contribution in [3.05, 3.63) is 65.7 Å². The average molecular weight is 461 g/mol. The van der Waals surface area contributed by atoms with Gasteiger partial charge in [0.1, 0.15) is 11.5 Å². The minimum atomic E-state index is -0.640. The highest BCUT2D eigenvalue weighted by Gasteiger charge is 2.21. The molecule has 0 aliphatic carbocycles. The molecule has 0 fully saturated rings. The summed E-state index contributed by atoms with van der Waals surface area (Å²) in [7, 11) is -0.640. The third-order valence-corrected chi connectivity index (χ3v) is 8.69. The Morgan fingerprint density at radius 3 is 1.58 bits per heavy atom. The van der Waals surface area contributed by atoms with Crippen molar-refractivity contribution in [1.29, 1.82) is 0 Å². The van der Waals surface area contributed by atoms with Crippen LogP contribution in [0, 0.1) is 13.8 Å². The second kappa shape index (κ2) is 11.1. The van der Waals surface area contributed by atoms with Gasteiger partial charge in [0, 0.05) is 21.0 Å². The Balaban J connectivity index is 1.95. The molecule has 4 aromatic rings. The highest BCUT2D eigenvalue weighted by Crippen LogP contribution is 2.59. The summed E-state index contributed by atoms with van der Waals surface area (Å²) >= 11 is 0. The molecule has 0 amide bonds. The molecular weight excluding hydrogens is 423 g/mol. The molecule has 0 spiro atoms. The van der Waals surface area contributed by atoms with Crippen LogP contribution in [0.25, 0.3) is 26.3 Å². The Bertz CT molecular complexity index is 1130. The van der Waals surface area contributed by atoms with Crippen molar-refractivity contribution >= 4 is 28.5 Å². The molecule has 2 nitrogen and oxygen atoms in total. The minimum absolute atomic E-state index is 0.640. The van der Waals surface area contributed by atoms with Crippen LogP contribution in [0.5, 0.6) is 11.5 Å². The summed E-state index contributed by atoms with van der Waals surface area (Å²) in [5.41, 5.74) is 2.52. The van der Waals surface area contributed by atoms with Crippen LogP contribution in [0.2, 0.25) is 0 Å². The number of unbranched alkanes of at least 4 members (excludes halogenated alkanes) is 4. The van der Waals surface area contributed by atoms with Crippen molar-refractivity contribution < 1.29 is 9.47 Å². The third-order valence-electron chi connectivity index (χ3n) is 6.21. The minimum Gasteiger partial charge on any atom is -0.493 e. The largest absolute Gasteiger partial charge is 0.493 e.